The third-order valence-electron chi connectivity index (χ3n) is 4.00. The minimum atomic E-state index is -0.156. The first kappa shape index (κ1) is 16.1. The molecular formula is C16H21N7O. The molecule has 0 atom stereocenters. The standard InChI is InChI=1S/C16H21N7O/c17-12-6-11(7-12)13-8-14(23-16(18)22-13)20-4-5-21-15(24)10-2-1-3-19-9-10/h1-3,8-9,11-12H,4-7,17H2,(H,21,24)(H3,18,20,22,23). The highest BCUT2D eigenvalue weighted by atomic mass is 16.1. The van der Waals surface area contributed by atoms with E-state index in [4.69, 9.17) is 11.5 Å². The highest BCUT2D eigenvalue weighted by Gasteiger charge is 2.29. The summed E-state index contributed by atoms with van der Waals surface area (Å²) in [4.78, 5) is 24.3. The summed E-state index contributed by atoms with van der Waals surface area (Å²) in [5, 5.41) is 5.97. The fraction of sp³-hybridized carbons (Fsp3) is 0.375. The van der Waals surface area contributed by atoms with E-state index in [1.807, 2.05) is 6.07 Å². The average molecular weight is 327 g/mol. The summed E-state index contributed by atoms with van der Waals surface area (Å²) in [7, 11) is 0. The summed E-state index contributed by atoms with van der Waals surface area (Å²) in [5.41, 5.74) is 13.0. The van der Waals surface area contributed by atoms with Crippen molar-refractivity contribution in [3.05, 3.63) is 41.9 Å². The van der Waals surface area contributed by atoms with Gasteiger partial charge >= 0.3 is 0 Å². The number of pyridine rings is 1. The molecule has 24 heavy (non-hydrogen) atoms. The molecule has 0 unspecified atom stereocenters. The molecule has 0 aromatic carbocycles. The van der Waals surface area contributed by atoms with Gasteiger partial charge in [-0.15, -0.1) is 0 Å². The second-order valence-corrected chi connectivity index (χ2v) is 5.89. The van der Waals surface area contributed by atoms with Crippen LogP contribution in [0.1, 0.15) is 34.8 Å². The zero-order valence-electron chi connectivity index (χ0n) is 13.3. The van der Waals surface area contributed by atoms with Crippen LogP contribution in [-0.4, -0.2) is 40.0 Å². The first-order valence-electron chi connectivity index (χ1n) is 7.94. The maximum Gasteiger partial charge on any atom is 0.252 e. The van der Waals surface area contributed by atoms with Crippen LogP contribution in [0.3, 0.4) is 0 Å². The van der Waals surface area contributed by atoms with Crippen molar-refractivity contribution in [3.63, 3.8) is 0 Å². The topological polar surface area (TPSA) is 132 Å². The number of anilines is 2. The van der Waals surface area contributed by atoms with Crippen molar-refractivity contribution in [2.75, 3.05) is 24.1 Å². The van der Waals surface area contributed by atoms with Crippen LogP contribution in [0, 0.1) is 0 Å². The summed E-state index contributed by atoms with van der Waals surface area (Å²) < 4.78 is 0. The van der Waals surface area contributed by atoms with Gasteiger partial charge in [0, 0.05) is 43.5 Å². The van der Waals surface area contributed by atoms with E-state index in [1.54, 1.807) is 18.3 Å². The monoisotopic (exact) mass is 327 g/mol. The number of hydrogen-bond acceptors (Lipinski definition) is 7. The fourth-order valence-electron chi connectivity index (χ4n) is 2.65. The van der Waals surface area contributed by atoms with E-state index in [0.29, 0.717) is 30.4 Å². The van der Waals surface area contributed by atoms with Gasteiger partial charge in [0.2, 0.25) is 5.95 Å². The van der Waals surface area contributed by atoms with Gasteiger partial charge in [0.15, 0.2) is 0 Å². The number of carbonyl (C=O) groups excluding carboxylic acids is 1. The molecule has 2 heterocycles. The number of nitrogen functional groups attached to an aromatic ring is 1. The molecule has 1 saturated carbocycles. The lowest BCUT2D eigenvalue weighted by Crippen LogP contribution is -2.35. The van der Waals surface area contributed by atoms with E-state index in [0.717, 1.165) is 18.5 Å². The minimum Gasteiger partial charge on any atom is -0.368 e. The van der Waals surface area contributed by atoms with E-state index in [2.05, 4.69) is 25.6 Å². The molecule has 0 bridgehead atoms. The zero-order chi connectivity index (χ0) is 16.9. The van der Waals surface area contributed by atoms with E-state index < -0.39 is 0 Å². The fourth-order valence-corrected chi connectivity index (χ4v) is 2.65. The van der Waals surface area contributed by atoms with E-state index in [9.17, 15) is 4.79 Å². The van der Waals surface area contributed by atoms with Gasteiger partial charge in [0.1, 0.15) is 5.82 Å². The molecule has 0 aliphatic heterocycles. The van der Waals surface area contributed by atoms with Crippen molar-refractivity contribution in [1.29, 1.82) is 0 Å². The third kappa shape index (κ3) is 3.96. The molecule has 0 saturated heterocycles. The Morgan fingerprint density at radius 1 is 1.29 bits per heavy atom. The number of carbonyl (C=O) groups is 1. The van der Waals surface area contributed by atoms with Crippen LogP contribution in [0.2, 0.25) is 0 Å². The molecular weight excluding hydrogens is 306 g/mol. The summed E-state index contributed by atoms with van der Waals surface area (Å²) >= 11 is 0. The Balaban J connectivity index is 1.49. The summed E-state index contributed by atoms with van der Waals surface area (Å²) in [6.45, 7) is 0.993. The Hall–Kier alpha value is -2.74. The van der Waals surface area contributed by atoms with Crippen molar-refractivity contribution in [2.45, 2.75) is 24.8 Å². The predicted molar refractivity (Wildman–Crippen MR) is 91.5 cm³/mol. The van der Waals surface area contributed by atoms with Crippen molar-refractivity contribution in [2.24, 2.45) is 5.73 Å². The molecule has 1 fully saturated rings. The quantitative estimate of drug-likeness (QED) is 0.568. The largest absolute Gasteiger partial charge is 0.368 e. The first-order chi connectivity index (χ1) is 11.6. The average Bonchev–Trinajstić information content (AvgIpc) is 2.56. The number of rotatable bonds is 6. The number of aromatic nitrogens is 3. The van der Waals surface area contributed by atoms with Gasteiger partial charge < -0.3 is 22.1 Å². The Morgan fingerprint density at radius 2 is 2.12 bits per heavy atom. The molecule has 3 rings (SSSR count). The van der Waals surface area contributed by atoms with Crippen molar-refractivity contribution < 1.29 is 4.79 Å². The number of nitrogens with one attached hydrogen (secondary N) is 2. The number of amides is 1. The molecule has 1 amide bonds. The predicted octanol–water partition coefficient (Wildman–Crippen LogP) is 0.500. The van der Waals surface area contributed by atoms with Crippen LogP contribution in [0.5, 0.6) is 0 Å². The third-order valence-corrected chi connectivity index (χ3v) is 4.00. The molecule has 8 heteroatoms. The van der Waals surface area contributed by atoms with Crippen molar-refractivity contribution in [3.8, 4) is 0 Å². The van der Waals surface area contributed by atoms with Crippen LogP contribution in [0.4, 0.5) is 11.8 Å². The second-order valence-electron chi connectivity index (χ2n) is 5.89. The Morgan fingerprint density at radius 3 is 2.83 bits per heavy atom. The van der Waals surface area contributed by atoms with Gasteiger partial charge in [0.25, 0.3) is 5.91 Å². The molecule has 6 N–H and O–H groups in total. The van der Waals surface area contributed by atoms with E-state index in [1.165, 1.54) is 6.20 Å². The maximum atomic E-state index is 11.9. The highest BCUT2D eigenvalue weighted by molar-refractivity contribution is 5.93. The van der Waals surface area contributed by atoms with Gasteiger partial charge in [-0.2, -0.15) is 4.98 Å². The van der Waals surface area contributed by atoms with Gasteiger partial charge in [-0.25, -0.2) is 4.98 Å². The molecule has 1 aliphatic rings. The highest BCUT2D eigenvalue weighted by Crippen LogP contribution is 2.35. The lowest BCUT2D eigenvalue weighted by Gasteiger charge is -2.32. The maximum absolute atomic E-state index is 11.9. The van der Waals surface area contributed by atoms with Crippen LogP contribution < -0.4 is 22.1 Å². The molecule has 126 valence electrons. The SMILES string of the molecule is Nc1nc(NCCNC(=O)c2cccnc2)cc(C2CC(N)C2)n1. The Bertz CT molecular complexity index is 701. The van der Waals surface area contributed by atoms with Gasteiger partial charge in [-0.1, -0.05) is 0 Å². The van der Waals surface area contributed by atoms with Gasteiger partial charge in [-0.05, 0) is 25.0 Å². The molecule has 2 aromatic rings. The zero-order valence-corrected chi connectivity index (χ0v) is 13.3. The Labute approximate surface area is 140 Å². The second kappa shape index (κ2) is 7.22. The van der Waals surface area contributed by atoms with Crippen LogP contribution in [-0.2, 0) is 0 Å². The smallest absolute Gasteiger partial charge is 0.252 e. The molecule has 2 aromatic heterocycles. The first-order valence-corrected chi connectivity index (χ1v) is 7.94. The summed E-state index contributed by atoms with van der Waals surface area (Å²) in [6.07, 6.45) is 5.02. The molecule has 0 spiro atoms. The number of nitrogens with zero attached hydrogens (tertiary/aromatic N) is 3. The van der Waals surface area contributed by atoms with Crippen LogP contribution in [0.15, 0.2) is 30.6 Å². The lowest BCUT2D eigenvalue weighted by molar-refractivity contribution is 0.0955. The molecule has 8 nitrogen and oxygen atoms in total. The van der Waals surface area contributed by atoms with Crippen LogP contribution in [0.25, 0.3) is 0 Å². The van der Waals surface area contributed by atoms with Gasteiger partial charge in [-0.3, -0.25) is 9.78 Å². The molecule has 1 aliphatic carbocycles. The number of hydrogen-bond donors (Lipinski definition) is 4. The summed E-state index contributed by atoms with van der Waals surface area (Å²) in [6, 6.07) is 5.60. The lowest BCUT2D eigenvalue weighted by atomic mass is 9.78. The number of nitrogens with two attached hydrogens (primary N) is 2. The Kier molecular flexibility index (Phi) is 4.85. The van der Waals surface area contributed by atoms with E-state index in [-0.39, 0.29) is 17.9 Å². The molecule has 0 radical (unpaired) electrons. The minimum absolute atomic E-state index is 0.156. The van der Waals surface area contributed by atoms with Crippen molar-refractivity contribution in [1.82, 2.24) is 20.3 Å². The van der Waals surface area contributed by atoms with Crippen molar-refractivity contribution >= 4 is 17.7 Å². The summed E-state index contributed by atoms with van der Waals surface area (Å²) in [5.74, 6) is 1.11. The van der Waals surface area contributed by atoms with Gasteiger partial charge in [0.05, 0.1) is 11.3 Å². The normalized spacial score (nSPS) is 19.4. The van der Waals surface area contributed by atoms with Crippen LogP contribution >= 0.6 is 0 Å². The van der Waals surface area contributed by atoms with E-state index >= 15 is 0 Å².